The van der Waals surface area contributed by atoms with Crippen LogP contribution in [-0.4, -0.2) is 59.8 Å². The summed E-state index contributed by atoms with van der Waals surface area (Å²) < 4.78 is 4.80. The first-order chi connectivity index (χ1) is 8.88. The minimum atomic E-state index is -1.08. The molecule has 0 saturated carbocycles. The van der Waals surface area contributed by atoms with Crippen LogP contribution in [0.2, 0.25) is 0 Å². The van der Waals surface area contributed by atoms with Crippen LogP contribution in [0.25, 0.3) is 0 Å². The molecule has 0 aromatic rings. The Hall–Kier alpha value is -1.14. The van der Waals surface area contributed by atoms with Gasteiger partial charge in [0.05, 0.1) is 12.6 Å². The minimum absolute atomic E-state index is 0.0289. The third kappa shape index (κ3) is 3.91. The minimum Gasteiger partial charge on any atom is -0.480 e. The third-order valence-electron chi connectivity index (χ3n) is 3.79. The molecule has 1 rings (SSSR count). The van der Waals surface area contributed by atoms with Gasteiger partial charge in [-0.25, -0.2) is 4.79 Å². The highest BCUT2D eigenvalue weighted by Gasteiger charge is 2.35. The normalized spacial score (nSPS) is 26.9. The Morgan fingerprint density at radius 3 is 2.32 bits per heavy atom. The van der Waals surface area contributed by atoms with Crippen LogP contribution in [0.5, 0.6) is 0 Å². The second-order valence-electron chi connectivity index (χ2n) is 5.25. The molecule has 6 heteroatoms. The molecule has 19 heavy (non-hydrogen) atoms. The Balaban J connectivity index is 2.63. The van der Waals surface area contributed by atoms with Gasteiger partial charge in [-0.3, -0.25) is 9.69 Å². The lowest BCUT2D eigenvalue weighted by atomic mass is 10.2. The van der Waals surface area contributed by atoms with Gasteiger partial charge in [0.2, 0.25) is 5.91 Å². The van der Waals surface area contributed by atoms with Crippen molar-refractivity contribution in [3.05, 3.63) is 0 Å². The molecule has 1 aliphatic rings. The summed E-state index contributed by atoms with van der Waals surface area (Å²) in [5, 5.41) is 11.5. The molecular weight excluding hydrogens is 248 g/mol. The van der Waals surface area contributed by atoms with E-state index in [4.69, 9.17) is 9.84 Å². The molecule has 0 bridgehead atoms. The van der Waals surface area contributed by atoms with E-state index < -0.39 is 12.0 Å². The van der Waals surface area contributed by atoms with E-state index in [1.807, 2.05) is 6.92 Å². The largest absolute Gasteiger partial charge is 0.480 e. The number of rotatable bonds is 6. The molecule has 0 spiro atoms. The highest BCUT2D eigenvalue weighted by atomic mass is 16.5. The summed E-state index contributed by atoms with van der Waals surface area (Å²) in [4.78, 5) is 25.3. The smallest absolute Gasteiger partial charge is 0.328 e. The summed E-state index contributed by atoms with van der Waals surface area (Å²) in [5.74, 6) is -1.34. The van der Waals surface area contributed by atoms with Gasteiger partial charge in [-0.2, -0.15) is 0 Å². The van der Waals surface area contributed by atoms with Crippen molar-refractivity contribution >= 4 is 11.9 Å². The number of carboxylic acid groups (broad SMARTS) is 1. The summed E-state index contributed by atoms with van der Waals surface area (Å²) in [6.07, 6.45) is 2.14. The number of carboxylic acids is 1. The van der Waals surface area contributed by atoms with Gasteiger partial charge in [-0.15, -0.1) is 0 Å². The van der Waals surface area contributed by atoms with Crippen molar-refractivity contribution in [1.29, 1.82) is 0 Å². The highest BCUT2D eigenvalue weighted by molar-refractivity contribution is 5.86. The number of ether oxygens (including phenoxy) is 1. The maximum Gasteiger partial charge on any atom is 0.328 e. The van der Waals surface area contributed by atoms with Gasteiger partial charge in [0.25, 0.3) is 0 Å². The molecule has 1 heterocycles. The summed E-state index contributed by atoms with van der Waals surface area (Å²) >= 11 is 0. The first-order valence-electron chi connectivity index (χ1n) is 6.68. The molecule has 1 saturated heterocycles. The van der Waals surface area contributed by atoms with Crippen molar-refractivity contribution in [2.45, 2.75) is 57.8 Å². The Kier molecular flexibility index (Phi) is 5.75. The van der Waals surface area contributed by atoms with E-state index >= 15 is 0 Å². The molecular formula is C13H24N2O4. The van der Waals surface area contributed by atoms with E-state index in [9.17, 15) is 9.59 Å². The van der Waals surface area contributed by atoms with Crippen LogP contribution in [0.3, 0.4) is 0 Å². The van der Waals surface area contributed by atoms with E-state index in [-0.39, 0.29) is 18.6 Å². The first-order valence-corrected chi connectivity index (χ1v) is 6.68. The topological polar surface area (TPSA) is 78.9 Å². The average molecular weight is 272 g/mol. The van der Waals surface area contributed by atoms with Crippen molar-refractivity contribution in [2.75, 3.05) is 13.7 Å². The van der Waals surface area contributed by atoms with Crippen molar-refractivity contribution < 1.29 is 19.4 Å². The molecule has 6 nitrogen and oxygen atoms in total. The number of carbonyl (C=O) groups excluding carboxylic acids is 1. The van der Waals surface area contributed by atoms with Crippen molar-refractivity contribution in [3.63, 3.8) is 0 Å². The van der Waals surface area contributed by atoms with Crippen molar-refractivity contribution in [1.82, 2.24) is 10.2 Å². The molecule has 0 radical (unpaired) electrons. The Morgan fingerprint density at radius 1 is 1.37 bits per heavy atom. The van der Waals surface area contributed by atoms with E-state index in [0.29, 0.717) is 12.1 Å². The number of amides is 1. The van der Waals surface area contributed by atoms with Gasteiger partial charge in [-0.05, 0) is 33.6 Å². The number of hydrogen-bond donors (Lipinski definition) is 2. The number of hydrogen-bond acceptors (Lipinski definition) is 4. The zero-order valence-electron chi connectivity index (χ0n) is 12.0. The number of likely N-dealkylation sites (tertiary alicyclic amines) is 1. The molecule has 4 atom stereocenters. The zero-order chi connectivity index (χ0) is 14.6. The number of nitrogens with zero attached hydrogens (tertiary/aromatic N) is 1. The van der Waals surface area contributed by atoms with Crippen molar-refractivity contribution in [2.24, 2.45) is 0 Å². The van der Waals surface area contributed by atoms with Crippen LogP contribution in [0.1, 0.15) is 33.6 Å². The maximum atomic E-state index is 12.1. The first kappa shape index (κ1) is 15.9. The maximum absolute atomic E-state index is 12.1. The van der Waals surface area contributed by atoms with Crippen LogP contribution in [0.15, 0.2) is 0 Å². The molecule has 4 unspecified atom stereocenters. The van der Waals surface area contributed by atoms with Crippen LogP contribution < -0.4 is 5.32 Å². The van der Waals surface area contributed by atoms with Crippen LogP contribution in [0.4, 0.5) is 0 Å². The number of carbonyl (C=O) groups is 2. The second kappa shape index (κ2) is 6.86. The molecule has 0 aromatic heterocycles. The SMILES string of the molecule is COCC(NC(=O)C(C)N1C(C)CCC1C)C(=O)O. The zero-order valence-corrected chi connectivity index (χ0v) is 12.0. The predicted molar refractivity (Wildman–Crippen MR) is 70.9 cm³/mol. The molecule has 0 aliphatic carbocycles. The standard InChI is InChI=1S/C13H24N2O4/c1-8-5-6-9(2)15(8)10(3)12(16)14-11(7-19-4)13(17)18/h8-11H,5-7H2,1-4H3,(H,14,16)(H,17,18). The average Bonchev–Trinajstić information content (AvgIpc) is 2.67. The summed E-state index contributed by atoms with van der Waals surface area (Å²) in [5.41, 5.74) is 0. The molecule has 1 aliphatic heterocycles. The molecule has 1 amide bonds. The van der Waals surface area contributed by atoms with Gasteiger partial charge in [0, 0.05) is 19.2 Å². The van der Waals surface area contributed by atoms with Gasteiger partial charge in [0.1, 0.15) is 0 Å². The fraction of sp³-hybridized carbons (Fsp3) is 0.846. The fourth-order valence-corrected chi connectivity index (χ4v) is 2.75. The molecule has 110 valence electrons. The molecule has 0 aromatic carbocycles. The predicted octanol–water partition coefficient (Wildman–Crippen LogP) is 0.464. The van der Waals surface area contributed by atoms with Crippen molar-refractivity contribution in [3.8, 4) is 0 Å². The molecule has 1 fully saturated rings. The van der Waals surface area contributed by atoms with Gasteiger partial charge in [-0.1, -0.05) is 0 Å². The van der Waals surface area contributed by atoms with Crippen LogP contribution in [0, 0.1) is 0 Å². The number of aliphatic carboxylic acids is 1. The summed E-state index contributed by atoms with van der Waals surface area (Å²) in [6.45, 7) is 5.98. The fourth-order valence-electron chi connectivity index (χ4n) is 2.75. The number of nitrogens with one attached hydrogen (secondary N) is 1. The van der Waals surface area contributed by atoms with Gasteiger partial charge in [0.15, 0.2) is 6.04 Å². The molecule has 2 N–H and O–H groups in total. The quantitative estimate of drug-likeness (QED) is 0.734. The van der Waals surface area contributed by atoms with E-state index in [1.165, 1.54) is 7.11 Å². The van der Waals surface area contributed by atoms with E-state index in [0.717, 1.165) is 12.8 Å². The Labute approximate surface area is 114 Å². The summed E-state index contributed by atoms with van der Waals surface area (Å²) in [6, 6.07) is -0.623. The van der Waals surface area contributed by atoms with Crippen LogP contribution in [-0.2, 0) is 14.3 Å². The lowest BCUT2D eigenvalue weighted by Gasteiger charge is -2.32. The van der Waals surface area contributed by atoms with Gasteiger partial charge >= 0.3 is 5.97 Å². The summed E-state index contributed by atoms with van der Waals surface area (Å²) in [7, 11) is 1.41. The Morgan fingerprint density at radius 2 is 1.89 bits per heavy atom. The van der Waals surface area contributed by atoms with E-state index in [1.54, 1.807) is 0 Å². The van der Waals surface area contributed by atoms with E-state index in [2.05, 4.69) is 24.1 Å². The number of methoxy groups -OCH3 is 1. The monoisotopic (exact) mass is 272 g/mol. The van der Waals surface area contributed by atoms with Crippen LogP contribution >= 0.6 is 0 Å². The second-order valence-corrected chi connectivity index (χ2v) is 5.25. The van der Waals surface area contributed by atoms with Gasteiger partial charge < -0.3 is 15.2 Å². The highest BCUT2D eigenvalue weighted by Crippen LogP contribution is 2.25. The lowest BCUT2D eigenvalue weighted by Crippen LogP contribution is -2.53. The third-order valence-corrected chi connectivity index (χ3v) is 3.79. The lowest BCUT2D eigenvalue weighted by molar-refractivity contribution is -0.144. The Bertz CT molecular complexity index is 325.